The fraction of sp³-hybridized carbons (Fsp3) is 0.375. The van der Waals surface area contributed by atoms with E-state index in [0.717, 1.165) is 54.7 Å². The molecule has 5 heterocycles. The van der Waals surface area contributed by atoms with Gasteiger partial charge >= 0.3 is 6.09 Å². The summed E-state index contributed by atoms with van der Waals surface area (Å²) in [6, 6.07) is 12.8. The van der Waals surface area contributed by atoms with Gasteiger partial charge in [-0.3, -0.25) is 0 Å². The number of likely N-dealkylation sites (tertiary alicyclic amines) is 1. The summed E-state index contributed by atoms with van der Waals surface area (Å²) in [7, 11) is 0. The molecule has 0 bridgehead atoms. The Bertz CT molecular complexity index is 1260. The molecular weight excluding hydrogens is 404 g/mol. The number of carbonyl (C=O) groups excluding carboxylic acids is 1. The summed E-state index contributed by atoms with van der Waals surface area (Å²) < 4.78 is 7.86. The molecule has 3 aromatic heterocycles. The summed E-state index contributed by atoms with van der Waals surface area (Å²) in [5.74, 6) is 0.957. The van der Waals surface area contributed by atoms with Gasteiger partial charge in [-0.1, -0.05) is 18.2 Å². The molecule has 32 heavy (non-hydrogen) atoms. The van der Waals surface area contributed by atoms with E-state index in [1.807, 2.05) is 35.5 Å². The number of ether oxygens (including phenoxy) is 1. The maximum atomic E-state index is 13.0. The van der Waals surface area contributed by atoms with Crippen LogP contribution in [0.4, 0.5) is 10.6 Å². The van der Waals surface area contributed by atoms with Crippen LogP contribution in [-0.4, -0.2) is 62.3 Å². The zero-order valence-electron chi connectivity index (χ0n) is 17.9. The molecular formula is C24H26N6O2. The molecule has 0 unspecified atom stereocenters. The second-order valence-corrected chi connectivity index (χ2v) is 8.57. The first kappa shape index (κ1) is 19.2. The lowest BCUT2D eigenvalue weighted by molar-refractivity contribution is 0.0702. The van der Waals surface area contributed by atoms with Crippen molar-refractivity contribution in [2.75, 3.05) is 24.6 Å². The first-order valence-electron chi connectivity index (χ1n) is 11.3. The van der Waals surface area contributed by atoms with E-state index in [1.165, 1.54) is 5.39 Å². The highest BCUT2D eigenvalue weighted by Crippen LogP contribution is 2.36. The van der Waals surface area contributed by atoms with Gasteiger partial charge < -0.3 is 24.1 Å². The highest BCUT2D eigenvalue weighted by Gasteiger charge is 2.43. The molecule has 1 amide bonds. The number of carbonyl (C=O) groups is 1. The first-order valence-corrected chi connectivity index (χ1v) is 11.3. The minimum absolute atomic E-state index is 0.160. The van der Waals surface area contributed by atoms with Gasteiger partial charge in [0.05, 0.1) is 24.0 Å². The number of aromatic nitrogens is 4. The number of hydrogen-bond donors (Lipinski definition) is 1. The van der Waals surface area contributed by atoms with Crippen molar-refractivity contribution in [1.82, 2.24) is 24.4 Å². The highest BCUT2D eigenvalue weighted by molar-refractivity contribution is 5.87. The van der Waals surface area contributed by atoms with Crippen LogP contribution in [0.3, 0.4) is 0 Å². The van der Waals surface area contributed by atoms with Crippen LogP contribution in [0.2, 0.25) is 0 Å². The number of benzene rings is 1. The summed E-state index contributed by atoms with van der Waals surface area (Å²) in [6.07, 6.45) is 8.31. The number of aromatic amines is 1. The summed E-state index contributed by atoms with van der Waals surface area (Å²) in [5, 5.41) is 2.23. The molecule has 2 aliphatic heterocycles. The Morgan fingerprint density at radius 1 is 1.09 bits per heavy atom. The smallest absolute Gasteiger partial charge is 0.410 e. The average molecular weight is 431 g/mol. The second kappa shape index (κ2) is 7.85. The molecule has 8 heteroatoms. The molecule has 164 valence electrons. The van der Waals surface area contributed by atoms with Crippen molar-refractivity contribution in [3.63, 3.8) is 0 Å². The van der Waals surface area contributed by atoms with Crippen molar-refractivity contribution in [1.29, 1.82) is 0 Å². The highest BCUT2D eigenvalue weighted by atomic mass is 16.6. The lowest BCUT2D eigenvalue weighted by Gasteiger charge is -2.39. The van der Waals surface area contributed by atoms with E-state index in [9.17, 15) is 4.79 Å². The predicted molar refractivity (Wildman–Crippen MR) is 123 cm³/mol. The Hall–Kier alpha value is -3.55. The van der Waals surface area contributed by atoms with Gasteiger partial charge in [-0.25, -0.2) is 14.8 Å². The van der Waals surface area contributed by atoms with Crippen molar-refractivity contribution in [3.8, 4) is 0 Å². The molecule has 2 aliphatic rings. The molecule has 2 fully saturated rings. The normalized spacial score (nSPS) is 20.8. The van der Waals surface area contributed by atoms with Gasteiger partial charge in [0.15, 0.2) is 0 Å². The van der Waals surface area contributed by atoms with Gasteiger partial charge in [0, 0.05) is 31.0 Å². The minimum atomic E-state index is -0.201. The van der Waals surface area contributed by atoms with Crippen molar-refractivity contribution >= 4 is 33.8 Å². The number of nitrogens with one attached hydrogen (secondary N) is 1. The van der Waals surface area contributed by atoms with Gasteiger partial charge in [-0.15, -0.1) is 0 Å². The fourth-order valence-corrected chi connectivity index (χ4v) is 5.41. The first-order chi connectivity index (χ1) is 15.8. The molecule has 2 atom stereocenters. The maximum Gasteiger partial charge on any atom is 0.410 e. The van der Waals surface area contributed by atoms with Crippen LogP contribution < -0.4 is 4.90 Å². The number of rotatable bonds is 4. The van der Waals surface area contributed by atoms with E-state index in [-0.39, 0.29) is 18.2 Å². The molecule has 6 rings (SSSR count). The fourth-order valence-electron chi connectivity index (χ4n) is 5.41. The molecule has 8 nitrogen and oxygen atoms in total. The molecule has 0 spiro atoms. The van der Waals surface area contributed by atoms with E-state index in [0.29, 0.717) is 13.2 Å². The summed E-state index contributed by atoms with van der Waals surface area (Å²) in [6.45, 7) is 2.65. The summed E-state index contributed by atoms with van der Waals surface area (Å²) >= 11 is 0. The van der Waals surface area contributed by atoms with Crippen molar-refractivity contribution in [3.05, 3.63) is 55.1 Å². The second-order valence-electron chi connectivity index (χ2n) is 8.57. The topological polar surface area (TPSA) is 79.3 Å². The SMILES string of the molecule is O=C(OCCn1ccc2ccccc21)N1CCC[C@@H]2[C@H]1CCN2c1ncnc2[nH]ccc12. The molecule has 1 N–H and O–H groups in total. The van der Waals surface area contributed by atoms with E-state index >= 15 is 0 Å². The largest absolute Gasteiger partial charge is 0.448 e. The van der Waals surface area contributed by atoms with Crippen LogP contribution >= 0.6 is 0 Å². The van der Waals surface area contributed by atoms with Crippen molar-refractivity contribution < 1.29 is 9.53 Å². The molecule has 1 aromatic carbocycles. The Kier molecular flexibility index (Phi) is 4.70. The molecule has 0 aliphatic carbocycles. The third-order valence-corrected chi connectivity index (χ3v) is 6.89. The zero-order chi connectivity index (χ0) is 21.5. The number of hydrogen-bond acceptors (Lipinski definition) is 5. The number of fused-ring (bicyclic) bond motifs is 3. The summed E-state index contributed by atoms with van der Waals surface area (Å²) in [5.41, 5.74) is 2.01. The predicted octanol–water partition coefficient (Wildman–Crippen LogP) is 3.79. The van der Waals surface area contributed by atoms with E-state index in [2.05, 4.69) is 42.6 Å². The Balaban J connectivity index is 1.13. The van der Waals surface area contributed by atoms with Crippen molar-refractivity contribution in [2.24, 2.45) is 0 Å². The van der Waals surface area contributed by atoms with E-state index in [4.69, 9.17) is 4.74 Å². The number of para-hydroxylation sites is 1. The number of H-pyrrole nitrogens is 1. The van der Waals surface area contributed by atoms with Gasteiger partial charge in [-0.2, -0.15) is 0 Å². The van der Waals surface area contributed by atoms with Crippen LogP contribution in [0.5, 0.6) is 0 Å². The standard InChI is InChI=1S/C24H26N6O2/c31-24(32-15-14-28-12-8-17-4-1-2-5-19(17)28)30-11-3-6-20-21(30)9-13-29(20)23-18-7-10-25-22(18)26-16-27-23/h1-2,4-5,7-8,10,12,16,20-21H,3,6,9,11,13-15H2,(H,25,26,27)/t20-,21-/m1/s1. The average Bonchev–Trinajstić information content (AvgIpc) is 3.57. The van der Waals surface area contributed by atoms with Gasteiger partial charge in [0.1, 0.15) is 24.4 Å². The number of anilines is 1. The number of nitrogens with zero attached hydrogens (tertiary/aromatic N) is 5. The van der Waals surface area contributed by atoms with Crippen LogP contribution in [0.25, 0.3) is 21.9 Å². The lowest BCUT2D eigenvalue weighted by atomic mass is 9.97. The molecule has 0 radical (unpaired) electrons. The van der Waals surface area contributed by atoms with E-state index < -0.39 is 0 Å². The van der Waals surface area contributed by atoms with Gasteiger partial charge in [0.25, 0.3) is 0 Å². The van der Waals surface area contributed by atoms with Crippen molar-refractivity contribution in [2.45, 2.75) is 37.9 Å². The minimum Gasteiger partial charge on any atom is -0.448 e. The summed E-state index contributed by atoms with van der Waals surface area (Å²) in [4.78, 5) is 29.3. The third-order valence-electron chi connectivity index (χ3n) is 6.89. The maximum absolute atomic E-state index is 13.0. The number of piperidine rings is 1. The number of amides is 1. The van der Waals surface area contributed by atoms with Crippen LogP contribution in [0.15, 0.2) is 55.1 Å². The zero-order valence-corrected chi connectivity index (χ0v) is 17.9. The Morgan fingerprint density at radius 3 is 3.00 bits per heavy atom. The monoisotopic (exact) mass is 430 g/mol. The van der Waals surface area contributed by atoms with Crippen LogP contribution in [0.1, 0.15) is 19.3 Å². The van der Waals surface area contributed by atoms with Gasteiger partial charge in [-0.05, 0) is 42.8 Å². The lowest BCUT2D eigenvalue weighted by Crippen LogP contribution is -2.52. The Morgan fingerprint density at radius 2 is 2.03 bits per heavy atom. The Labute approximate surface area is 185 Å². The molecule has 2 saturated heterocycles. The molecule has 4 aromatic rings. The quantitative estimate of drug-likeness (QED) is 0.533. The van der Waals surface area contributed by atoms with E-state index in [1.54, 1.807) is 6.33 Å². The van der Waals surface area contributed by atoms with Crippen LogP contribution in [0, 0.1) is 0 Å². The van der Waals surface area contributed by atoms with Crippen LogP contribution in [-0.2, 0) is 11.3 Å². The van der Waals surface area contributed by atoms with Gasteiger partial charge in [0.2, 0.25) is 0 Å². The molecule has 0 saturated carbocycles. The third kappa shape index (κ3) is 3.18.